The first kappa shape index (κ1) is 16.7. The molecule has 6 nitrogen and oxygen atoms in total. The molecule has 0 spiro atoms. The van der Waals surface area contributed by atoms with Gasteiger partial charge in [0.25, 0.3) is 5.91 Å². The minimum atomic E-state index is -0.351. The maximum atomic E-state index is 12.0. The van der Waals surface area contributed by atoms with Crippen molar-refractivity contribution in [3.8, 4) is 11.8 Å². The maximum Gasteiger partial charge on any atom is 0.307 e. The molecule has 1 amide bonds. The Balaban J connectivity index is 2.62. The zero-order chi connectivity index (χ0) is 15.5. The number of hydrogen-bond acceptors (Lipinski definition) is 5. The SMILES string of the molecule is CCOC(=O)CCNC(=O)c1ccncc1C#CCCO. The number of carbonyl (C=O) groups excluding carboxylic acids is 2. The summed E-state index contributed by atoms with van der Waals surface area (Å²) in [5.41, 5.74) is 0.874. The molecule has 21 heavy (non-hydrogen) atoms. The van der Waals surface area contributed by atoms with Gasteiger partial charge in [-0.2, -0.15) is 0 Å². The van der Waals surface area contributed by atoms with E-state index in [0.29, 0.717) is 24.2 Å². The standard InChI is InChI=1S/C15H18N2O4/c1-2-21-14(19)7-9-17-15(20)13-6-8-16-11-12(13)5-3-4-10-18/h6,8,11,18H,2,4,7,9-10H2,1H3,(H,17,20). The normalized spacial score (nSPS) is 9.43. The van der Waals surface area contributed by atoms with Crippen LogP contribution < -0.4 is 5.32 Å². The van der Waals surface area contributed by atoms with Gasteiger partial charge >= 0.3 is 5.97 Å². The predicted molar refractivity (Wildman–Crippen MR) is 76.4 cm³/mol. The average molecular weight is 290 g/mol. The Morgan fingerprint density at radius 2 is 2.29 bits per heavy atom. The molecule has 112 valence electrons. The summed E-state index contributed by atoms with van der Waals surface area (Å²) >= 11 is 0. The van der Waals surface area contributed by atoms with Crippen molar-refractivity contribution in [3.05, 3.63) is 29.6 Å². The molecular formula is C15H18N2O4. The van der Waals surface area contributed by atoms with Gasteiger partial charge in [0.2, 0.25) is 0 Å². The van der Waals surface area contributed by atoms with E-state index in [2.05, 4.69) is 22.1 Å². The molecule has 0 saturated carbocycles. The Kier molecular flexibility index (Phi) is 7.54. The second-order valence-corrected chi connectivity index (χ2v) is 4.01. The number of pyridine rings is 1. The molecule has 0 aliphatic heterocycles. The molecule has 0 fully saturated rings. The van der Waals surface area contributed by atoms with Crippen LogP contribution >= 0.6 is 0 Å². The van der Waals surface area contributed by atoms with Crippen molar-refractivity contribution in [2.24, 2.45) is 0 Å². The van der Waals surface area contributed by atoms with Crippen LogP contribution in [0.5, 0.6) is 0 Å². The smallest absolute Gasteiger partial charge is 0.307 e. The fraction of sp³-hybridized carbons (Fsp3) is 0.400. The molecule has 0 aromatic carbocycles. The van der Waals surface area contributed by atoms with Gasteiger partial charge in [-0.15, -0.1) is 0 Å². The van der Waals surface area contributed by atoms with E-state index in [4.69, 9.17) is 9.84 Å². The van der Waals surface area contributed by atoms with Gasteiger partial charge in [-0.05, 0) is 13.0 Å². The molecule has 6 heteroatoms. The lowest BCUT2D eigenvalue weighted by atomic mass is 10.1. The number of esters is 1. The van der Waals surface area contributed by atoms with Crippen LogP contribution in [0.4, 0.5) is 0 Å². The van der Waals surface area contributed by atoms with Gasteiger partial charge in [-0.3, -0.25) is 14.6 Å². The quantitative estimate of drug-likeness (QED) is 0.588. The number of aromatic nitrogens is 1. The van der Waals surface area contributed by atoms with Crippen molar-refractivity contribution in [1.82, 2.24) is 10.3 Å². The molecule has 2 N–H and O–H groups in total. The van der Waals surface area contributed by atoms with Gasteiger partial charge in [0.05, 0.1) is 30.8 Å². The summed E-state index contributed by atoms with van der Waals surface area (Å²) in [7, 11) is 0. The molecule has 0 aliphatic carbocycles. The van der Waals surface area contributed by atoms with Crippen molar-refractivity contribution < 1.29 is 19.4 Å². The predicted octanol–water partition coefficient (Wildman–Crippen LogP) is 0.498. The van der Waals surface area contributed by atoms with Gasteiger partial charge in [-0.25, -0.2) is 0 Å². The summed E-state index contributed by atoms with van der Waals surface area (Å²) < 4.78 is 4.77. The van der Waals surface area contributed by atoms with Crippen molar-refractivity contribution in [2.75, 3.05) is 19.8 Å². The topological polar surface area (TPSA) is 88.5 Å². The largest absolute Gasteiger partial charge is 0.466 e. The molecule has 1 heterocycles. The summed E-state index contributed by atoms with van der Waals surface area (Å²) in [6.07, 6.45) is 3.44. The van der Waals surface area contributed by atoms with Crippen molar-refractivity contribution in [2.45, 2.75) is 19.8 Å². The number of aliphatic hydroxyl groups excluding tert-OH is 1. The summed E-state index contributed by atoms with van der Waals surface area (Å²) in [5, 5.41) is 11.3. The molecule has 0 bridgehead atoms. The van der Waals surface area contributed by atoms with Crippen LogP contribution in [0.15, 0.2) is 18.5 Å². The van der Waals surface area contributed by atoms with E-state index in [-0.39, 0.29) is 31.4 Å². The van der Waals surface area contributed by atoms with E-state index < -0.39 is 0 Å². The highest BCUT2D eigenvalue weighted by Crippen LogP contribution is 2.05. The number of ether oxygens (including phenoxy) is 1. The third-order valence-corrected chi connectivity index (χ3v) is 2.45. The second-order valence-electron chi connectivity index (χ2n) is 4.01. The van der Waals surface area contributed by atoms with E-state index in [1.54, 1.807) is 13.0 Å². The molecule has 1 rings (SSSR count). The highest BCUT2D eigenvalue weighted by Gasteiger charge is 2.10. The first-order chi connectivity index (χ1) is 10.2. The average Bonchev–Trinajstić information content (AvgIpc) is 2.48. The molecule has 0 unspecified atom stereocenters. The van der Waals surface area contributed by atoms with Crippen molar-refractivity contribution >= 4 is 11.9 Å². The van der Waals surface area contributed by atoms with Crippen LogP contribution in [0.25, 0.3) is 0 Å². The third kappa shape index (κ3) is 6.06. The van der Waals surface area contributed by atoms with E-state index in [0.717, 1.165) is 0 Å². The summed E-state index contributed by atoms with van der Waals surface area (Å²) in [5.74, 6) is 4.86. The Bertz CT molecular complexity index is 546. The van der Waals surface area contributed by atoms with Gasteiger partial charge in [-0.1, -0.05) is 11.8 Å². The number of aliphatic hydroxyl groups is 1. The zero-order valence-corrected chi connectivity index (χ0v) is 11.9. The number of nitrogens with zero attached hydrogens (tertiary/aromatic N) is 1. The van der Waals surface area contributed by atoms with Gasteiger partial charge in [0.1, 0.15) is 0 Å². The van der Waals surface area contributed by atoms with E-state index in [1.807, 2.05) is 0 Å². The molecular weight excluding hydrogens is 272 g/mol. The summed E-state index contributed by atoms with van der Waals surface area (Å²) in [6.45, 7) is 2.21. The van der Waals surface area contributed by atoms with Gasteiger partial charge in [0, 0.05) is 25.4 Å². The highest BCUT2D eigenvalue weighted by molar-refractivity contribution is 5.96. The molecule has 1 aromatic rings. The van der Waals surface area contributed by atoms with E-state index >= 15 is 0 Å². The lowest BCUT2D eigenvalue weighted by Gasteiger charge is -2.06. The number of hydrogen-bond donors (Lipinski definition) is 2. The van der Waals surface area contributed by atoms with Gasteiger partial charge in [0.15, 0.2) is 0 Å². The van der Waals surface area contributed by atoms with Crippen molar-refractivity contribution in [1.29, 1.82) is 0 Å². The molecule has 0 radical (unpaired) electrons. The maximum absolute atomic E-state index is 12.0. The Morgan fingerprint density at radius 1 is 1.48 bits per heavy atom. The summed E-state index contributed by atoms with van der Waals surface area (Å²) in [6, 6.07) is 1.56. The Labute approximate surface area is 123 Å². The lowest BCUT2D eigenvalue weighted by molar-refractivity contribution is -0.142. The zero-order valence-electron chi connectivity index (χ0n) is 11.9. The second kappa shape index (κ2) is 9.50. The highest BCUT2D eigenvalue weighted by atomic mass is 16.5. The minimum absolute atomic E-state index is 0.0334. The minimum Gasteiger partial charge on any atom is -0.466 e. The number of carbonyl (C=O) groups is 2. The molecule has 0 saturated heterocycles. The number of amides is 1. The Hall–Kier alpha value is -2.39. The monoisotopic (exact) mass is 290 g/mol. The first-order valence-corrected chi connectivity index (χ1v) is 6.66. The lowest BCUT2D eigenvalue weighted by Crippen LogP contribution is -2.27. The van der Waals surface area contributed by atoms with E-state index in [9.17, 15) is 9.59 Å². The third-order valence-electron chi connectivity index (χ3n) is 2.45. The fourth-order valence-corrected chi connectivity index (χ4v) is 1.51. The van der Waals surface area contributed by atoms with Crippen LogP contribution in [0.1, 0.15) is 35.7 Å². The fourth-order valence-electron chi connectivity index (χ4n) is 1.51. The number of rotatable bonds is 6. The van der Waals surface area contributed by atoms with E-state index in [1.165, 1.54) is 12.4 Å². The van der Waals surface area contributed by atoms with Crippen LogP contribution in [0.3, 0.4) is 0 Å². The first-order valence-electron chi connectivity index (χ1n) is 6.66. The van der Waals surface area contributed by atoms with Crippen molar-refractivity contribution in [3.63, 3.8) is 0 Å². The van der Waals surface area contributed by atoms with Gasteiger partial charge < -0.3 is 15.2 Å². The number of nitrogens with one attached hydrogen (secondary N) is 1. The van der Waals surface area contributed by atoms with Crippen LogP contribution in [-0.2, 0) is 9.53 Å². The summed E-state index contributed by atoms with van der Waals surface area (Å²) in [4.78, 5) is 27.1. The Morgan fingerprint density at radius 3 is 3.00 bits per heavy atom. The van der Waals surface area contributed by atoms with Crippen LogP contribution in [0.2, 0.25) is 0 Å². The molecule has 1 aromatic heterocycles. The molecule has 0 aliphatic rings. The van der Waals surface area contributed by atoms with Crippen LogP contribution in [-0.4, -0.2) is 41.7 Å². The molecule has 0 atom stereocenters. The van der Waals surface area contributed by atoms with Crippen LogP contribution in [0, 0.1) is 11.8 Å².